The minimum Gasteiger partial charge on any atom is -0.315 e. The zero-order chi connectivity index (χ0) is 13.1. The first-order valence-corrected chi connectivity index (χ1v) is 6.34. The molecule has 1 aliphatic rings. The molecule has 18 heavy (non-hydrogen) atoms. The Hall–Kier alpha value is -1.42. The van der Waals surface area contributed by atoms with Gasteiger partial charge in [0.25, 0.3) is 0 Å². The number of rotatable bonds is 2. The van der Waals surface area contributed by atoms with E-state index in [0.717, 1.165) is 12.8 Å². The van der Waals surface area contributed by atoms with Crippen LogP contribution in [0.15, 0.2) is 24.3 Å². The van der Waals surface area contributed by atoms with Gasteiger partial charge in [0.05, 0.1) is 5.92 Å². The molecule has 0 bridgehead atoms. The third-order valence-corrected chi connectivity index (χ3v) is 3.54. The molecule has 1 fully saturated rings. The van der Waals surface area contributed by atoms with Crippen molar-refractivity contribution in [2.75, 3.05) is 18.5 Å². The lowest BCUT2D eigenvalue weighted by Crippen LogP contribution is -2.44. The number of hydrogen-bond acceptors (Lipinski definition) is 2. The fraction of sp³-hybridized carbons (Fsp3) is 0.500. The number of hydrogen-bond donors (Lipinski definition) is 1. The van der Waals surface area contributed by atoms with Crippen LogP contribution in [0.5, 0.6) is 0 Å². The molecule has 0 aromatic heterocycles. The molecule has 0 radical (unpaired) electrons. The Kier molecular flexibility index (Phi) is 3.97. The largest absolute Gasteiger partial charge is 0.315 e. The smallest absolute Gasteiger partial charge is 0.231 e. The van der Waals surface area contributed by atoms with Crippen LogP contribution in [0.4, 0.5) is 10.1 Å². The van der Waals surface area contributed by atoms with E-state index >= 15 is 0 Å². The fourth-order valence-corrected chi connectivity index (χ4v) is 2.30. The minimum absolute atomic E-state index is 0.00512. The molecule has 1 heterocycles. The Morgan fingerprint density at radius 2 is 2.22 bits per heavy atom. The maximum absolute atomic E-state index is 13.1. The number of carbonyl (C=O) groups excluding carboxylic acids is 1. The van der Waals surface area contributed by atoms with E-state index in [9.17, 15) is 9.18 Å². The van der Waals surface area contributed by atoms with E-state index in [2.05, 4.69) is 12.2 Å². The third kappa shape index (κ3) is 2.88. The lowest BCUT2D eigenvalue weighted by molar-refractivity contribution is -0.122. The first-order chi connectivity index (χ1) is 8.58. The lowest BCUT2D eigenvalue weighted by Gasteiger charge is -2.30. The third-order valence-electron chi connectivity index (χ3n) is 3.54. The van der Waals surface area contributed by atoms with E-state index in [0.29, 0.717) is 18.3 Å². The highest BCUT2D eigenvalue weighted by molar-refractivity contribution is 5.94. The molecule has 1 aliphatic heterocycles. The van der Waals surface area contributed by atoms with E-state index in [1.807, 2.05) is 0 Å². The van der Waals surface area contributed by atoms with Crippen molar-refractivity contribution in [3.05, 3.63) is 30.1 Å². The molecule has 1 aromatic rings. The van der Waals surface area contributed by atoms with Crippen LogP contribution in [-0.4, -0.2) is 25.5 Å². The van der Waals surface area contributed by atoms with Crippen molar-refractivity contribution in [2.24, 2.45) is 5.92 Å². The van der Waals surface area contributed by atoms with Crippen LogP contribution in [0.3, 0.4) is 0 Å². The first-order valence-electron chi connectivity index (χ1n) is 6.34. The number of nitrogens with one attached hydrogen (secondary N) is 1. The van der Waals surface area contributed by atoms with E-state index in [1.54, 1.807) is 24.1 Å². The summed E-state index contributed by atoms with van der Waals surface area (Å²) in [5, 5.41) is 3.31. The Morgan fingerprint density at radius 1 is 1.44 bits per heavy atom. The highest BCUT2D eigenvalue weighted by Crippen LogP contribution is 2.20. The van der Waals surface area contributed by atoms with Gasteiger partial charge in [0.2, 0.25) is 5.91 Å². The number of piperidine rings is 1. The van der Waals surface area contributed by atoms with Crippen LogP contribution in [0, 0.1) is 11.7 Å². The van der Waals surface area contributed by atoms with Crippen molar-refractivity contribution in [3.8, 4) is 0 Å². The second-order valence-corrected chi connectivity index (χ2v) is 4.96. The van der Waals surface area contributed by atoms with Gasteiger partial charge >= 0.3 is 0 Å². The molecule has 1 amide bonds. The van der Waals surface area contributed by atoms with Gasteiger partial charge in [-0.1, -0.05) is 6.07 Å². The zero-order valence-corrected chi connectivity index (χ0v) is 10.8. The van der Waals surface area contributed by atoms with E-state index in [-0.39, 0.29) is 17.6 Å². The quantitative estimate of drug-likeness (QED) is 0.872. The molecule has 0 saturated carbocycles. The summed E-state index contributed by atoms with van der Waals surface area (Å²) in [6.07, 6.45) is 1.90. The molecular weight excluding hydrogens is 231 g/mol. The van der Waals surface area contributed by atoms with Crippen molar-refractivity contribution < 1.29 is 9.18 Å². The van der Waals surface area contributed by atoms with Crippen molar-refractivity contribution in [1.82, 2.24) is 5.32 Å². The molecule has 2 atom stereocenters. The average molecular weight is 250 g/mol. The summed E-state index contributed by atoms with van der Waals surface area (Å²) in [6.45, 7) is 2.83. The standard InChI is InChI=1S/C14H19FN2O/c1-10-6-7-11(9-16-10)14(18)17(2)13-5-3-4-12(15)8-13/h3-5,8,10-11,16H,6-7,9H2,1-2H3. The second-order valence-electron chi connectivity index (χ2n) is 4.96. The molecule has 2 unspecified atom stereocenters. The van der Waals surface area contributed by atoms with E-state index < -0.39 is 0 Å². The van der Waals surface area contributed by atoms with Gasteiger partial charge in [0.15, 0.2) is 0 Å². The van der Waals surface area contributed by atoms with Crippen molar-refractivity contribution in [2.45, 2.75) is 25.8 Å². The molecule has 1 aromatic carbocycles. The summed E-state index contributed by atoms with van der Waals surface area (Å²) in [7, 11) is 1.70. The number of nitrogens with zero attached hydrogens (tertiary/aromatic N) is 1. The van der Waals surface area contributed by atoms with Crippen LogP contribution in [0.1, 0.15) is 19.8 Å². The topological polar surface area (TPSA) is 32.3 Å². The zero-order valence-electron chi connectivity index (χ0n) is 10.8. The van der Waals surface area contributed by atoms with Crippen LogP contribution >= 0.6 is 0 Å². The van der Waals surface area contributed by atoms with Gasteiger partial charge in [0.1, 0.15) is 5.82 Å². The predicted octanol–water partition coefficient (Wildman–Crippen LogP) is 2.18. The molecule has 1 N–H and O–H groups in total. The minimum atomic E-state index is -0.317. The summed E-state index contributed by atoms with van der Waals surface area (Å²) in [4.78, 5) is 13.8. The Morgan fingerprint density at radius 3 is 2.83 bits per heavy atom. The summed E-state index contributed by atoms with van der Waals surface area (Å²) < 4.78 is 13.1. The van der Waals surface area contributed by atoms with Gasteiger partial charge in [-0.15, -0.1) is 0 Å². The second kappa shape index (κ2) is 5.48. The highest BCUT2D eigenvalue weighted by atomic mass is 19.1. The maximum atomic E-state index is 13.1. The van der Waals surface area contributed by atoms with Gasteiger partial charge in [-0.3, -0.25) is 4.79 Å². The lowest BCUT2D eigenvalue weighted by atomic mass is 9.94. The van der Waals surface area contributed by atoms with Crippen molar-refractivity contribution in [1.29, 1.82) is 0 Å². The molecule has 3 nitrogen and oxygen atoms in total. The monoisotopic (exact) mass is 250 g/mol. The molecule has 98 valence electrons. The molecular formula is C14H19FN2O. The van der Waals surface area contributed by atoms with Gasteiger partial charge < -0.3 is 10.2 Å². The highest BCUT2D eigenvalue weighted by Gasteiger charge is 2.26. The molecule has 4 heteroatoms. The van der Waals surface area contributed by atoms with Crippen molar-refractivity contribution >= 4 is 11.6 Å². The Labute approximate surface area is 107 Å². The molecule has 2 rings (SSSR count). The molecule has 0 spiro atoms. The van der Waals surface area contributed by atoms with Gasteiger partial charge in [-0.05, 0) is 38.0 Å². The SMILES string of the molecule is CC1CCC(C(=O)N(C)c2cccc(F)c2)CN1. The average Bonchev–Trinajstić information content (AvgIpc) is 2.38. The number of anilines is 1. The van der Waals surface area contributed by atoms with E-state index in [1.165, 1.54) is 12.1 Å². The normalized spacial score (nSPS) is 23.7. The number of carbonyl (C=O) groups is 1. The van der Waals surface area contributed by atoms with Gasteiger partial charge in [-0.2, -0.15) is 0 Å². The number of amides is 1. The van der Waals surface area contributed by atoms with Crippen LogP contribution < -0.4 is 10.2 Å². The molecule has 1 saturated heterocycles. The van der Waals surface area contributed by atoms with Crippen LogP contribution in [-0.2, 0) is 4.79 Å². The van der Waals surface area contributed by atoms with Crippen LogP contribution in [0.2, 0.25) is 0 Å². The van der Waals surface area contributed by atoms with Crippen molar-refractivity contribution in [3.63, 3.8) is 0 Å². The first kappa shape index (κ1) is 13.0. The predicted molar refractivity (Wildman–Crippen MR) is 70.0 cm³/mol. The Balaban J connectivity index is 2.04. The Bertz CT molecular complexity index is 428. The number of benzene rings is 1. The summed E-state index contributed by atoms with van der Waals surface area (Å²) in [5.41, 5.74) is 0.610. The van der Waals surface area contributed by atoms with Gasteiger partial charge in [-0.25, -0.2) is 4.39 Å². The maximum Gasteiger partial charge on any atom is 0.231 e. The number of halogens is 1. The summed E-state index contributed by atoms with van der Waals surface area (Å²) in [6, 6.07) is 6.62. The van der Waals surface area contributed by atoms with E-state index in [4.69, 9.17) is 0 Å². The summed E-state index contributed by atoms with van der Waals surface area (Å²) >= 11 is 0. The molecule has 0 aliphatic carbocycles. The van der Waals surface area contributed by atoms with Gasteiger partial charge in [0, 0.05) is 25.3 Å². The summed E-state index contributed by atoms with van der Waals surface area (Å²) in [5.74, 6) is -0.267. The fourth-order valence-electron chi connectivity index (χ4n) is 2.30. The van der Waals surface area contributed by atoms with Crippen LogP contribution in [0.25, 0.3) is 0 Å².